The van der Waals surface area contributed by atoms with Gasteiger partial charge in [0.15, 0.2) is 6.20 Å². The summed E-state index contributed by atoms with van der Waals surface area (Å²) in [5.74, 6) is -0.552. The number of fused-ring (bicyclic) bond motifs is 3. The van der Waals surface area contributed by atoms with Gasteiger partial charge in [-0.15, -0.1) is 0 Å². The molecule has 2 heterocycles. The van der Waals surface area contributed by atoms with Gasteiger partial charge in [-0.2, -0.15) is 0 Å². The smallest absolute Gasteiger partial charge is 0.212 e. The third-order valence-electron chi connectivity index (χ3n) is 7.55. The molecule has 1 saturated carbocycles. The van der Waals surface area contributed by atoms with Gasteiger partial charge in [-0.25, -0.2) is 4.57 Å². The Morgan fingerprint density at radius 2 is 1.47 bits per heavy atom. The van der Waals surface area contributed by atoms with E-state index in [2.05, 4.69) is 98.4 Å². The van der Waals surface area contributed by atoms with Crippen LogP contribution in [0.5, 0.6) is 0 Å². The summed E-state index contributed by atoms with van der Waals surface area (Å²) in [6, 6.07) is 23.6. The molecule has 34 heavy (non-hydrogen) atoms. The Kier molecular flexibility index (Phi) is 4.97. The van der Waals surface area contributed by atoms with E-state index in [9.17, 15) is 1.37 Å². The van der Waals surface area contributed by atoms with E-state index in [0.717, 1.165) is 58.7 Å². The first-order valence-electron chi connectivity index (χ1n) is 13.0. The number of benzene rings is 3. The van der Waals surface area contributed by atoms with E-state index in [1.807, 2.05) is 0 Å². The minimum absolute atomic E-state index is 0.552. The quantitative estimate of drug-likeness (QED) is 0.254. The Morgan fingerprint density at radius 1 is 0.765 bits per heavy atom. The standard InChI is InChI=1S/C32H32NO/c1-21-11-7-8-14-24(21)30-19-22(2)29(20-33(30)3)28-18-10-17-27-26-16-9-15-25(31(26)34-32(27)28)23-12-5-4-6-13-23/h7-11,14-20,23H,4-6,12-13H2,1-3H3/q+1/i23D. The summed E-state index contributed by atoms with van der Waals surface area (Å²) in [5, 5.41) is 2.25. The third kappa shape index (κ3) is 3.44. The highest BCUT2D eigenvalue weighted by Crippen LogP contribution is 2.42. The van der Waals surface area contributed by atoms with Crippen molar-refractivity contribution in [1.29, 1.82) is 0 Å². The predicted octanol–water partition coefficient (Wildman–Crippen LogP) is 8.41. The monoisotopic (exact) mass is 447 g/mol. The van der Waals surface area contributed by atoms with Gasteiger partial charge in [-0.05, 0) is 55.3 Å². The first-order valence-corrected chi connectivity index (χ1v) is 12.5. The van der Waals surface area contributed by atoms with Crippen LogP contribution in [0.15, 0.2) is 77.3 Å². The van der Waals surface area contributed by atoms with Crippen LogP contribution >= 0.6 is 0 Å². The number of aromatic nitrogens is 1. The van der Waals surface area contributed by atoms with E-state index < -0.39 is 5.89 Å². The van der Waals surface area contributed by atoms with Crippen LogP contribution in [0.2, 0.25) is 0 Å². The average molecular weight is 448 g/mol. The lowest BCUT2D eigenvalue weighted by Gasteiger charge is -2.21. The zero-order chi connectivity index (χ0) is 24.2. The van der Waals surface area contributed by atoms with Gasteiger partial charge in [0.2, 0.25) is 5.69 Å². The number of aryl methyl sites for hydroxylation is 3. The van der Waals surface area contributed by atoms with Crippen molar-refractivity contribution in [3.05, 3.63) is 89.6 Å². The van der Waals surface area contributed by atoms with Crippen molar-refractivity contribution in [2.45, 2.75) is 51.8 Å². The van der Waals surface area contributed by atoms with Crippen molar-refractivity contribution >= 4 is 21.9 Å². The molecule has 6 rings (SSSR count). The highest BCUT2D eigenvalue weighted by molar-refractivity contribution is 6.10. The second kappa shape index (κ2) is 8.43. The molecule has 5 aromatic rings. The third-order valence-corrected chi connectivity index (χ3v) is 7.55. The fourth-order valence-corrected chi connectivity index (χ4v) is 5.72. The fourth-order valence-electron chi connectivity index (χ4n) is 5.72. The SMILES string of the molecule is [2H]C1(c2cccc3c2oc2c(-c4c[n+](C)c(-c5ccccc5C)cc4C)cccc23)CCCCC1. The van der Waals surface area contributed by atoms with Gasteiger partial charge in [-0.3, -0.25) is 0 Å². The summed E-state index contributed by atoms with van der Waals surface area (Å²) >= 11 is 0. The van der Waals surface area contributed by atoms with Crippen LogP contribution < -0.4 is 4.57 Å². The lowest BCUT2D eigenvalue weighted by atomic mass is 9.83. The first kappa shape index (κ1) is 20.0. The summed E-state index contributed by atoms with van der Waals surface area (Å²) in [7, 11) is 2.12. The molecule has 2 aromatic heterocycles. The minimum Gasteiger partial charge on any atom is -0.455 e. The summed E-state index contributed by atoms with van der Waals surface area (Å²) < 4.78 is 18.2. The zero-order valence-electron chi connectivity index (χ0n) is 21.3. The second-order valence-electron chi connectivity index (χ2n) is 9.81. The zero-order valence-corrected chi connectivity index (χ0v) is 20.3. The van der Waals surface area contributed by atoms with Crippen LogP contribution in [0.4, 0.5) is 0 Å². The summed E-state index contributed by atoms with van der Waals surface area (Å²) in [6.45, 7) is 4.35. The molecule has 0 radical (unpaired) electrons. The molecule has 2 heteroatoms. The predicted molar refractivity (Wildman–Crippen MR) is 141 cm³/mol. The number of pyridine rings is 1. The van der Waals surface area contributed by atoms with Gasteiger partial charge < -0.3 is 4.42 Å². The van der Waals surface area contributed by atoms with Crippen LogP contribution in [0, 0.1) is 13.8 Å². The fraction of sp³-hybridized carbons (Fsp3) is 0.281. The van der Waals surface area contributed by atoms with E-state index >= 15 is 0 Å². The van der Waals surface area contributed by atoms with E-state index in [4.69, 9.17) is 4.42 Å². The number of rotatable bonds is 3. The normalized spacial score (nSPS) is 16.1. The lowest BCUT2D eigenvalue weighted by Crippen LogP contribution is -2.31. The molecule has 170 valence electrons. The van der Waals surface area contributed by atoms with Crippen LogP contribution in [-0.4, -0.2) is 0 Å². The molecule has 0 bridgehead atoms. The number of nitrogens with zero attached hydrogens (tertiary/aromatic N) is 1. The molecule has 1 fully saturated rings. The maximum atomic E-state index is 9.26. The van der Waals surface area contributed by atoms with E-state index in [1.165, 1.54) is 34.4 Å². The highest BCUT2D eigenvalue weighted by atomic mass is 16.3. The molecule has 1 aliphatic carbocycles. The Labute approximate surface area is 203 Å². The van der Waals surface area contributed by atoms with E-state index in [0.29, 0.717) is 0 Å². The van der Waals surface area contributed by atoms with Crippen molar-refractivity contribution in [1.82, 2.24) is 0 Å². The second-order valence-corrected chi connectivity index (χ2v) is 9.81. The van der Waals surface area contributed by atoms with Crippen LogP contribution in [0.1, 0.15) is 56.1 Å². The Morgan fingerprint density at radius 3 is 2.26 bits per heavy atom. The van der Waals surface area contributed by atoms with Gasteiger partial charge in [0, 0.05) is 29.3 Å². The van der Waals surface area contributed by atoms with Crippen molar-refractivity contribution in [3.63, 3.8) is 0 Å². The Balaban J connectivity index is 1.54. The lowest BCUT2D eigenvalue weighted by molar-refractivity contribution is -0.660. The largest absolute Gasteiger partial charge is 0.455 e. The van der Waals surface area contributed by atoms with Gasteiger partial charge in [0.05, 0.1) is 5.56 Å². The molecule has 0 spiro atoms. The molecule has 0 saturated heterocycles. The summed E-state index contributed by atoms with van der Waals surface area (Å²) in [4.78, 5) is 0. The van der Waals surface area contributed by atoms with Crippen LogP contribution in [-0.2, 0) is 7.05 Å². The van der Waals surface area contributed by atoms with Gasteiger partial charge in [0.1, 0.15) is 18.2 Å². The highest BCUT2D eigenvalue weighted by Gasteiger charge is 2.23. The number of hydrogen-bond acceptors (Lipinski definition) is 1. The molecule has 0 amide bonds. The van der Waals surface area contributed by atoms with E-state index in [-0.39, 0.29) is 0 Å². The molecule has 0 N–H and O–H groups in total. The Bertz CT molecular complexity index is 1570. The van der Waals surface area contributed by atoms with Crippen molar-refractivity contribution in [2.75, 3.05) is 0 Å². The Hall–Kier alpha value is -3.39. The van der Waals surface area contributed by atoms with Crippen LogP contribution in [0.25, 0.3) is 44.3 Å². The number of hydrogen-bond donors (Lipinski definition) is 0. The maximum absolute atomic E-state index is 9.26. The van der Waals surface area contributed by atoms with Gasteiger partial charge in [-0.1, -0.05) is 73.9 Å². The summed E-state index contributed by atoms with van der Waals surface area (Å²) in [5.41, 5.74) is 10.1. The van der Waals surface area contributed by atoms with Crippen LogP contribution in [0.3, 0.4) is 0 Å². The van der Waals surface area contributed by atoms with Crippen molar-refractivity contribution < 1.29 is 10.4 Å². The molecule has 2 nitrogen and oxygen atoms in total. The number of para-hydroxylation sites is 2. The topological polar surface area (TPSA) is 17.0 Å². The molecule has 0 aliphatic heterocycles. The van der Waals surface area contributed by atoms with E-state index in [1.54, 1.807) is 0 Å². The molecular formula is C32H32NO+. The number of furan rings is 1. The van der Waals surface area contributed by atoms with Crippen molar-refractivity contribution in [2.24, 2.45) is 7.05 Å². The van der Waals surface area contributed by atoms with Crippen molar-refractivity contribution in [3.8, 4) is 22.4 Å². The first-order chi connectivity index (χ1) is 17.0. The molecular weight excluding hydrogens is 414 g/mol. The van der Waals surface area contributed by atoms with Gasteiger partial charge >= 0.3 is 0 Å². The molecule has 3 aromatic carbocycles. The molecule has 1 aliphatic rings. The molecule has 0 unspecified atom stereocenters. The maximum Gasteiger partial charge on any atom is 0.212 e. The molecule has 0 atom stereocenters. The summed E-state index contributed by atoms with van der Waals surface area (Å²) in [6.07, 6.45) is 7.52. The average Bonchev–Trinajstić information content (AvgIpc) is 3.25. The minimum atomic E-state index is -0.552. The van der Waals surface area contributed by atoms with Gasteiger partial charge in [0.25, 0.3) is 0 Å².